The SMILES string of the molecule is C=CCN1C(=NC(=O)Cc2ccc(Cl)cc2)S[C@H]2CS(=O)(=O)C[C@H]21. The van der Waals surface area contributed by atoms with E-state index in [1.165, 1.54) is 11.8 Å². The molecule has 2 saturated heterocycles. The predicted molar refractivity (Wildman–Crippen MR) is 98.3 cm³/mol. The van der Waals surface area contributed by atoms with Gasteiger partial charge in [-0.2, -0.15) is 4.99 Å². The first-order chi connectivity index (χ1) is 11.4. The Bertz CT molecular complexity index is 790. The Kier molecular flexibility index (Phi) is 5.03. The number of aliphatic imine (C=N–C) groups is 1. The van der Waals surface area contributed by atoms with Gasteiger partial charge in [-0.3, -0.25) is 4.79 Å². The average molecular weight is 385 g/mol. The highest BCUT2D eigenvalue weighted by atomic mass is 35.5. The van der Waals surface area contributed by atoms with Crippen LogP contribution in [0.1, 0.15) is 5.56 Å². The van der Waals surface area contributed by atoms with E-state index in [1.807, 2.05) is 4.90 Å². The molecule has 0 aromatic heterocycles. The second kappa shape index (κ2) is 6.90. The maximum atomic E-state index is 12.2. The topological polar surface area (TPSA) is 66.8 Å². The van der Waals surface area contributed by atoms with Gasteiger partial charge in [0.05, 0.1) is 24.0 Å². The van der Waals surface area contributed by atoms with Gasteiger partial charge in [0.2, 0.25) is 0 Å². The molecular formula is C16H17ClN2O3S2. The number of benzene rings is 1. The third-order valence-electron chi connectivity index (χ3n) is 3.99. The van der Waals surface area contributed by atoms with Gasteiger partial charge >= 0.3 is 0 Å². The molecule has 2 aliphatic rings. The van der Waals surface area contributed by atoms with E-state index in [2.05, 4.69) is 11.6 Å². The number of carbonyl (C=O) groups is 1. The molecule has 2 fully saturated rings. The molecule has 0 bridgehead atoms. The molecule has 2 aliphatic heterocycles. The molecule has 1 aromatic carbocycles. The van der Waals surface area contributed by atoms with Crippen LogP contribution in [-0.2, 0) is 21.1 Å². The van der Waals surface area contributed by atoms with E-state index in [0.29, 0.717) is 16.7 Å². The predicted octanol–water partition coefficient (Wildman–Crippen LogP) is 2.17. The zero-order valence-corrected chi connectivity index (χ0v) is 15.3. The van der Waals surface area contributed by atoms with Gasteiger partial charge in [0.1, 0.15) is 0 Å². The first kappa shape index (κ1) is 17.5. The number of rotatable bonds is 4. The molecule has 24 heavy (non-hydrogen) atoms. The summed E-state index contributed by atoms with van der Waals surface area (Å²) >= 11 is 7.22. The van der Waals surface area contributed by atoms with Crippen LogP contribution in [-0.4, -0.2) is 53.7 Å². The van der Waals surface area contributed by atoms with Crippen LogP contribution in [0, 0.1) is 0 Å². The van der Waals surface area contributed by atoms with Crippen LogP contribution in [0.2, 0.25) is 5.02 Å². The third-order valence-corrected chi connectivity index (χ3v) is 7.49. The van der Waals surface area contributed by atoms with E-state index in [4.69, 9.17) is 11.6 Å². The summed E-state index contributed by atoms with van der Waals surface area (Å²) in [5.74, 6) is 0.000205. The molecule has 0 saturated carbocycles. The van der Waals surface area contributed by atoms with Gasteiger partial charge in [-0.15, -0.1) is 6.58 Å². The summed E-state index contributed by atoms with van der Waals surface area (Å²) < 4.78 is 23.6. The molecule has 128 valence electrons. The Hall–Kier alpha value is -1.31. The van der Waals surface area contributed by atoms with Crippen molar-refractivity contribution >= 4 is 44.3 Å². The van der Waals surface area contributed by atoms with Crippen LogP contribution in [0.25, 0.3) is 0 Å². The Morgan fingerprint density at radius 2 is 2.08 bits per heavy atom. The molecule has 8 heteroatoms. The molecule has 2 atom stereocenters. The summed E-state index contributed by atoms with van der Waals surface area (Å²) in [5, 5.41) is 1.16. The number of carbonyl (C=O) groups excluding carboxylic acids is 1. The molecule has 0 aliphatic carbocycles. The van der Waals surface area contributed by atoms with Gasteiger partial charge in [0, 0.05) is 16.8 Å². The molecule has 2 heterocycles. The number of nitrogens with zero attached hydrogens (tertiary/aromatic N) is 2. The second-order valence-corrected chi connectivity index (χ2v) is 9.63. The van der Waals surface area contributed by atoms with E-state index in [-0.39, 0.29) is 35.1 Å². The number of hydrogen-bond acceptors (Lipinski definition) is 4. The van der Waals surface area contributed by atoms with Crippen LogP contribution < -0.4 is 0 Å². The summed E-state index contributed by atoms with van der Waals surface area (Å²) in [4.78, 5) is 18.3. The van der Waals surface area contributed by atoms with Crippen molar-refractivity contribution in [2.24, 2.45) is 4.99 Å². The van der Waals surface area contributed by atoms with Crippen LogP contribution in [0.5, 0.6) is 0 Å². The number of fused-ring (bicyclic) bond motifs is 1. The van der Waals surface area contributed by atoms with Gasteiger partial charge in [-0.05, 0) is 17.7 Å². The fourth-order valence-corrected chi connectivity index (χ4v) is 7.02. The van der Waals surface area contributed by atoms with E-state index in [1.54, 1.807) is 30.3 Å². The number of hydrogen-bond donors (Lipinski definition) is 0. The molecule has 1 aromatic rings. The van der Waals surface area contributed by atoms with Crippen LogP contribution in [0.15, 0.2) is 41.9 Å². The molecule has 0 unspecified atom stereocenters. The quantitative estimate of drug-likeness (QED) is 0.744. The molecular weight excluding hydrogens is 368 g/mol. The van der Waals surface area contributed by atoms with E-state index in [0.717, 1.165) is 5.56 Å². The van der Waals surface area contributed by atoms with Gasteiger partial charge in [0.15, 0.2) is 15.0 Å². The van der Waals surface area contributed by atoms with Crippen LogP contribution in [0.3, 0.4) is 0 Å². The molecule has 3 rings (SSSR count). The minimum atomic E-state index is -3.01. The standard InChI is InChI=1S/C16H17ClN2O3S2/c1-2-7-19-13-9-24(21,22)10-14(13)23-16(19)18-15(20)8-11-3-5-12(17)6-4-11/h2-6,13-14H,1,7-10H2/t13-,14+/m1/s1. The zero-order chi connectivity index (χ0) is 17.3. The third kappa shape index (κ3) is 3.84. The normalized spacial score (nSPS) is 26.5. The minimum absolute atomic E-state index is 0.0583. The Morgan fingerprint density at radius 1 is 1.38 bits per heavy atom. The highest BCUT2D eigenvalue weighted by Gasteiger charge is 2.48. The first-order valence-electron chi connectivity index (χ1n) is 7.48. The van der Waals surface area contributed by atoms with Crippen molar-refractivity contribution in [2.75, 3.05) is 18.1 Å². The fourth-order valence-electron chi connectivity index (χ4n) is 2.91. The lowest BCUT2D eigenvalue weighted by molar-refractivity contribution is -0.117. The molecule has 0 N–H and O–H groups in total. The largest absolute Gasteiger partial charge is 0.342 e. The highest BCUT2D eigenvalue weighted by molar-refractivity contribution is 8.15. The Balaban J connectivity index is 1.75. The van der Waals surface area contributed by atoms with E-state index >= 15 is 0 Å². The lowest BCUT2D eigenvalue weighted by Crippen LogP contribution is -2.37. The zero-order valence-electron chi connectivity index (χ0n) is 12.9. The molecule has 1 amide bonds. The van der Waals surface area contributed by atoms with Gasteiger partial charge in [-0.1, -0.05) is 41.6 Å². The average Bonchev–Trinajstić information content (AvgIpc) is 2.95. The van der Waals surface area contributed by atoms with Gasteiger partial charge in [-0.25, -0.2) is 8.42 Å². The number of halogens is 1. The molecule has 0 spiro atoms. The smallest absolute Gasteiger partial charge is 0.252 e. The van der Waals surface area contributed by atoms with Crippen molar-refractivity contribution in [1.82, 2.24) is 4.90 Å². The van der Waals surface area contributed by atoms with Gasteiger partial charge in [0.25, 0.3) is 5.91 Å². The van der Waals surface area contributed by atoms with Crippen molar-refractivity contribution < 1.29 is 13.2 Å². The van der Waals surface area contributed by atoms with Crippen LogP contribution >= 0.6 is 23.4 Å². The summed E-state index contributed by atoms with van der Waals surface area (Å²) in [5.41, 5.74) is 0.842. The number of amides is 1. The van der Waals surface area contributed by atoms with E-state index < -0.39 is 9.84 Å². The van der Waals surface area contributed by atoms with Gasteiger partial charge < -0.3 is 4.90 Å². The lowest BCUT2D eigenvalue weighted by Gasteiger charge is -2.22. The van der Waals surface area contributed by atoms with Crippen molar-refractivity contribution in [3.63, 3.8) is 0 Å². The monoisotopic (exact) mass is 384 g/mol. The summed E-state index contributed by atoms with van der Waals surface area (Å²) in [6.45, 7) is 4.19. The summed E-state index contributed by atoms with van der Waals surface area (Å²) in [6.07, 6.45) is 1.89. The van der Waals surface area contributed by atoms with Crippen LogP contribution in [0.4, 0.5) is 0 Å². The molecule has 0 radical (unpaired) electrons. The maximum absolute atomic E-state index is 12.2. The van der Waals surface area contributed by atoms with Crippen molar-refractivity contribution in [3.05, 3.63) is 47.5 Å². The Morgan fingerprint density at radius 3 is 2.75 bits per heavy atom. The minimum Gasteiger partial charge on any atom is -0.342 e. The van der Waals surface area contributed by atoms with E-state index in [9.17, 15) is 13.2 Å². The van der Waals surface area contributed by atoms with Crippen molar-refractivity contribution in [1.29, 1.82) is 0 Å². The van der Waals surface area contributed by atoms with Crippen molar-refractivity contribution in [2.45, 2.75) is 17.7 Å². The summed E-state index contributed by atoms with van der Waals surface area (Å²) in [7, 11) is -3.01. The van der Waals surface area contributed by atoms with Crippen molar-refractivity contribution in [3.8, 4) is 0 Å². The number of amidine groups is 1. The number of sulfone groups is 1. The second-order valence-electron chi connectivity index (χ2n) is 5.83. The fraction of sp³-hybridized carbons (Fsp3) is 0.375. The summed E-state index contributed by atoms with van der Waals surface area (Å²) in [6, 6.07) is 6.94. The molecule has 5 nitrogen and oxygen atoms in total. The number of thioether (sulfide) groups is 1. The maximum Gasteiger partial charge on any atom is 0.252 e. The lowest BCUT2D eigenvalue weighted by atomic mass is 10.1. The highest BCUT2D eigenvalue weighted by Crippen LogP contribution is 2.38. The Labute approximate surface area is 150 Å². The first-order valence-corrected chi connectivity index (χ1v) is 10.6.